The molecule has 0 aliphatic heterocycles. The smallest absolute Gasteiger partial charge is 0.0715 e. The van der Waals surface area contributed by atoms with Gasteiger partial charge in [-0.2, -0.15) is 0 Å². The molecule has 1 unspecified atom stereocenters. The van der Waals surface area contributed by atoms with Crippen LogP contribution in [0.4, 0.5) is 0 Å². The molecule has 2 heteroatoms. The van der Waals surface area contributed by atoms with Crippen molar-refractivity contribution in [3.05, 3.63) is 0 Å². The van der Waals surface area contributed by atoms with Gasteiger partial charge in [-0.1, -0.05) is 20.8 Å². The summed E-state index contributed by atoms with van der Waals surface area (Å²) in [6.07, 6.45) is -0.245. The van der Waals surface area contributed by atoms with Crippen LogP contribution >= 0.6 is 0 Å². The molecule has 2 nitrogen and oxygen atoms in total. The van der Waals surface area contributed by atoms with Crippen molar-refractivity contribution in [3.63, 3.8) is 0 Å². The summed E-state index contributed by atoms with van der Waals surface area (Å²) in [4.78, 5) is 2.16. The van der Waals surface area contributed by atoms with E-state index in [1.165, 1.54) is 0 Å². The van der Waals surface area contributed by atoms with E-state index in [2.05, 4.69) is 39.5 Å². The Morgan fingerprint density at radius 3 is 1.92 bits per heavy atom. The van der Waals surface area contributed by atoms with E-state index >= 15 is 0 Å². The number of aliphatic hydroxyl groups excluding tert-OH is 1. The standard InChI is InChI=1S/C10H23NO/c1-8(2)11(6)7-9(12)10(3,4)5/h8-9,12H,7H2,1-6H3. The van der Waals surface area contributed by atoms with Crippen molar-refractivity contribution in [2.24, 2.45) is 5.41 Å². The lowest BCUT2D eigenvalue weighted by Gasteiger charge is -2.31. The zero-order valence-corrected chi connectivity index (χ0v) is 9.26. The Balaban J connectivity index is 3.93. The normalized spacial score (nSPS) is 15.8. The minimum absolute atomic E-state index is 0.0108. The fourth-order valence-corrected chi connectivity index (χ4v) is 0.757. The summed E-state index contributed by atoms with van der Waals surface area (Å²) in [5, 5.41) is 9.76. The van der Waals surface area contributed by atoms with Crippen LogP contribution in [-0.4, -0.2) is 35.7 Å². The highest BCUT2D eigenvalue weighted by molar-refractivity contribution is 4.76. The van der Waals surface area contributed by atoms with Gasteiger partial charge in [0.1, 0.15) is 0 Å². The minimum Gasteiger partial charge on any atom is -0.391 e. The Morgan fingerprint density at radius 1 is 1.25 bits per heavy atom. The van der Waals surface area contributed by atoms with Gasteiger partial charge in [0.05, 0.1) is 6.10 Å². The van der Waals surface area contributed by atoms with Crippen molar-refractivity contribution < 1.29 is 5.11 Å². The van der Waals surface area contributed by atoms with Gasteiger partial charge in [-0.25, -0.2) is 0 Å². The van der Waals surface area contributed by atoms with Gasteiger partial charge in [-0.3, -0.25) is 0 Å². The van der Waals surface area contributed by atoms with Crippen molar-refractivity contribution >= 4 is 0 Å². The van der Waals surface area contributed by atoms with Crippen LogP contribution in [0.3, 0.4) is 0 Å². The molecule has 0 amide bonds. The van der Waals surface area contributed by atoms with Crippen molar-refractivity contribution in [1.29, 1.82) is 0 Å². The lowest BCUT2D eigenvalue weighted by molar-refractivity contribution is 0.0281. The van der Waals surface area contributed by atoms with E-state index in [9.17, 15) is 5.11 Å². The molecule has 12 heavy (non-hydrogen) atoms. The lowest BCUT2D eigenvalue weighted by Crippen LogP contribution is -2.40. The maximum Gasteiger partial charge on any atom is 0.0715 e. The van der Waals surface area contributed by atoms with Gasteiger partial charge in [0, 0.05) is 12.6 Å². The zero-order valence-electron chi connectivity index (χ0n) is 9.26. The third kappa shape index (κ3) is 4.07. The molecule has 74 valence electrons. The molecule has 0 fully saturated rings. The number of rotatable bonds is 3. The molecule has 0 aromatic carbocycles. The molecular weight excluding hydrogens is 150 g/mol. The molecule has 0 spiro atoms. The first kappa shape index (κ1) is 11.9. The van der Waals surface area contributed by atoms with Gasteiger partial charge in [0.25, 0.3) is 0 Å². The number of hydrogen-bond acceptors (Lipinski definition) is 2. The molecular formula is C10H23NO. The molecule has 0 aliphatic carbocycles. The highest BCUT2D eigenvalue weighted by Gasteiger charge is 2.23. The molecule has 0 aromatic rings. The fourth-order valence-electron chi connectivity index (χ4n) is 0.757. The predicted octanol–water partition coefficient (Wildman–Crippen LogP) is 1.73. The number of hydrogen-bond donors (Lipinski definition) is 1. The third-order valence-corrected chi connectivity index (χ3v) is 2.34. The maximum atomic E-state index is 9.76. The predicted molar refractivity (Wildman–Crippen MR) is 53.2 cm³/mol. The summed E-state index contributed by atoms with van der Waals surface area (Å²) in [6, 6.07) is 0.502. The van der Waals surface area contributed by atoms with Crippen molar-refractivity contribution in [2.75, 3.05) is 13.6 Å². The summed E-state index contributed by atoms with van der Waals surface area (Å²) in [5.74, 6) is 0. The molecule has 0 aliphatic rings. The number of aliphatic hydroxyl groups is 1. The summed E-state index contributed by atoms with van der Waals surface area (Å²) >= 11 is 0. The van der Waals surface area contributed by atoms with E-state index in [4.69, 9.17) is 0 Å². The summed E-state index contributed by atoms with van der Waals surface area (Å²) in [7, 11) is 2.04. The quantitative estimate of drug-likeness (QED) is 0.702. The monoisotopic (exact) mass is 173 g/mol. The molecule has 0 rings (SSSR count). The third-order valence-electron chi connectivity index (χ3n) is 2.34. The van der Waals surface area contributed by atoms with Crippen LogP contribution in [0.2, 0.25) is 0 Å². The minimum atomic E-state index is -0.245. The Kier molecular flexibility index (Phi) is 4.21. The molecule has 0 saturated heterocycles. The van der Waals surface area contributed by atoms with E-state index in [1.807, 2.05) is 7.05 Å². The van der Waals surface area contributed by atoms with E-state index < -0.39 is 0 Å². The molecule has 0 heterocycles. The summed E-state index contributed by atoms with van der Waals surface area (Å²) in [5.41, 5.74) is -0.0108. The van der Waals surface area contributed by atoms with E-state index in [-0.39, 0.29) is 11.5 Å². The van der Waals surface area contributed by atoms with Crippen molar-refractivity contribution in [2.45, 2.75) is 46.8 Å². The van der Waals surface area contributed by atoms with Crippen LogP contribution in [0.15, 0.2) is 0 Å². The Hall–Kier alpha value is -0.0800. The highest BCUT2D eigenvalue weighted by atomic mass is 16.3. The van der Waals surface area contributed by atoms with E-state index in [0.717, 1.165) is 6.54 Å². The van der Waals surface area contributed by atoms with Crippen LogP contribution in [0.25, 0.3) is 0 Å². The van der Waals surface area contributed by atoms with E-state index in [0.29, 0.717) is 6.04 Å². The van der Waals surface area contributed by atoms with Gasteiger partial charge < -0.3 is 10.0 Å². The molecule has 1 N–H and O–H groups in total. The van der Waals surface area contributed by atoms with Crippen molar-refractivity contribution in [3.8, 4) is 0 Å². The maximum absolute atomic E-state index is 9.76. The van der Waals surface area contributed by atoms with Gasteiger partial charge in [0.15, 0.2) is 0 Å². The van der Waals surface area contributed by atoms with Crippen LogP contribution in [-0.2, 0) is 0 Å². The highest BCUT2D eigenvalue weighted by Crippen LogP contribution is 2.19. The summed E-state index contributed by atoms with van der Waals surface area (Å²) in [6.45, 7) is 11.2. The van der Waals surface area contributed by atoms with Gasteiger partial charge >= 0.3 is 0 Å². The number of nitrogens with zero attached hydrogens (tertiary/aromatic N) is 1. The van der Waals surface area contributed by atoms with Crippen molar-refractivity contribution in [1.82, 2.24) is 4.90 Å². The largest absolute Gasteiger partial charge is 0.391 e. The number of likely N-dealkylation sites (N-methyl/N-ethyl adjacent to an activating group) is 1. The average Bonchev–Trinajstić information content (AvgIpc) is 1.85. The second-order valence-corrected chi connectivity index (χ2v) is 4.92. The first-order valence-corrected chi connectivity index (χ1v) is 4.63. The molecule has 0 aromatic heterocycles. The van der Waals surface area contributed by atoms with Crippen LogP contribution in [0.1, 0.15) is 34.6 Å². The Bertz CT molecular complexity index is 126. The second-order valence-electron chi connectivity index (χ2n) is 4.92. The fraction of sp³-hybridized carbons (Fsp3) is 1.00. The molecule has 0 saturated carbocycles. The topological polar surface area (TPSA) is 23.5 Å². The lowest BCUT2D eigenvalue weighted by atomic mass is 9.89. The Labute approximate surface area is 76.6 Å². The summed E-state index contributed by atoms with van der Waals surface area (Å²) < 4.78 is 0. The van der Waals surface area contributed by atoms with Crippen LogP contribution in [0.5, 0.6) is 0 Å². The van der Waals surface area contributed by atoms with Gasteiger partial charge in [-0.05, 0) is 26.3 Å². The first-order valence-electron chi connectivity index (χ1n) is 4.63. The Morgan fingerprint density at radius 2 is 1.67 bits per heavy atom. The van der Waals surface area contributed by atoms with Gasteiger partial charge in [-0.15, -0.1) is 0 Å². The van der Waals surface area contributed by atoms with E-state index in [1.54, 1.807) is 0 Å². The zero-order chi connectivity index (χ0) is 9.94. The van der Waals surface area contributed by atoms with Crippen LogP contribution < -0.4 is 0 Å². The second kappa shape index (κ2) is 4.24. The molecule has 1 atom stereocenters. The first-order chi connectivity index (χ1) is 5.25. The molecule has 0 bridgehead atoms. The van der Waals surface area contributed by atoms with Gasteiger partial charge in [0.2, 0.25) is 0 Å². The average molecular weight is 173 g/mol. The molecule has 0 radical (unpaired) electrons. The van der Waals surface area contributed by atoms with Crippen LogP contribution in [0, 0.1) is 5.41 Å². The SMILES string of the molecule is CC(C)N(C)CC(O)C(C)(C)C.